The Bertz CT molecular complexity index is 914. The number of halogens is 1. The molecule has 0 spiro atoms. The molecule has 0 saturated heterocycles. The summed E-state index contributed by atoms with van der Waals surface area (Å²) in [6, 6.07) is 12.3. The van der Waals surface area contributed by atoms with Crippen LogP contribution in [0.1, 0.15) is 68.9 Å². The summed E-state index contributed by atoms with van der Waals surface area (Å²) in [6.07, 6.45) is 7.85. The third-order valence-corrected chi connectivity index (χ3v) is 7.74. The second-order valence-electron chi connectivity index (χ2n) is 8.28. The molecule has 0 aliphatic heterocycles. The van der Waals surface area contributed by atoms with Gasteiger partial charge < -0.3 is 14.2 Å². The molecule has 0 radical (unpaired) electrons. The second kappa shape index (κ2) is 13.2. The topological polar surface area (TPSA) is 61.8 Å². The van der Waals surface area contributed by atoms with Gasteiger partial charge in [-0.25, -0.2) is 12.8 Å². The molecule has 0 heterocycles. The molecule has 0 aliphatic rings. The fourth-order valence-electron chi connectivity index (χ4n) is 4.14. The Morgan fingerprint density at radius 2 is 1.36 bits per heavy atom. The quantitative estimate of drug-likeness (QED) is 0.172. The van der Waals surface area contributed by atoms with E-state index < -0.39 is 21.6 Å². The average molecular weight is 481 g/mol. The van der Waals surface area contributed by atoms with Gasteiger partial charge in [0.2, 0.25) is 0 Å². The Morgan fingerprint density at radius 1 is 0.818 bits per heavy atom. The Balaban J connectivity index is 2.17. The monoisotopic (exact) mass is 480 g/mol. The summed E-state index contributed by atoms with van der Waals surface area (Å²) in [4.78, 5) is 0.103. The molecule has 0 saturated carbocycles. The highest BCUT2D eigenvalue weighted by atomic mass is 32.2. The van der Waals surface area contributed by atoms with Gasteiger partial charge in [0.05, 0.1) is 16.6 Å². The van der Waals surface area contributed by atoms with Crippen molar-refractivity contribution in [1.82, 2.24) is 0 Å². The highest BCUT2D eigenvalue weighted by Gasteiger charge is 2.40. The van der Waals surface area contributed by atoms with Crippen molar-refractivity contribution < 1.29 is 27.0 Å². The molecular formula is C26H37FO5S. The third-order valence-electron chi connectivity index (χ3n) is 6.04. The van der Waals surface area contributed by atoms with Crippen molar-refractivity contribution in [3.8, 4) is 0 Å². The van der Waals surface area contributed by atoms with Gasteiger partial charge in [-0.2, -0.15) is 0 Å². The lowest BCUT2D eigenvalue weighted by atomic mass is 9.89. The van der Waals surface area contributed by atoms with Crippen molar-refractivity contribution in [2.45, 2.75) is 74.4 Å². The van der Waals surface area contributed by atoms with Crippen LogP contribution in [0.2, 0.25) is 0 Å². The van der Waals surface area contributed by atoms with Crippen LogP contribution in [0.25, 0.3) is 0 Å². The molecule has 0 bridgehead atoms. The molecule has 0 fully saturated rings. The first-order valence-corrected chi connectivity index (χ1v) is 13.2. The first-order chi connectivity index (χ1) is 15.8. The van der Waals surface area contributed by atoms with Crippen LogP contribution in [0.5, 0.6) is 0 Å². The van der Waals surface area contributed by atoms with E-state index in [2.05, 4.69) is 6.92 Å². The number of ether oxygens (including phenoxy) is 3. The van der Waals surface area contributed by atoms with E-state index in [1.54, 1.807) is 33.5 Å². The van der Waals surface area contributed by atoms with Crippen molar-refractivity contribution in [3.63, 3.8) is 0 Å². The Kier molecular flexibility index (Phi) is 11.0. The van der Waals surface area contributed by atoms with Crippen molar-refractivity contribution in [1.29, 1.82) is 0 Å². The second-order valence-corrected chi connectivity index (χ2v) is 10.3. The van der Waals surface area contributed by atoms with Crippen LogP contribution in [0.3, 0.4) is 0 Å². The third kappa shape index (κ3) is 7.60. The van der Waals surface area contributed by atoms with Crippen molar-refractivity contribution in [2.24, 2.45) is 0 Å². The average Bonchev–Trinajstić information content (AvgIpc) is 2.82. The SMILES string of the molecule is CCCCCCCCC(c1ccc(CS(=O)(=O)c2ccc(F)cc2)cc1)C(OC)(OC)OC. The molecule has 5 nitrogen and oxygen atoms in total. The van der Waals surface area contributed by atoms with Crippen molar-refractivity contribution >= 4 is 9.84 Å². The van der Waals surface area contributed by atoms with Gasteiger partial charge in [0, 0.05) is 21.3 Å². The lowest BCUT2D eigenvalue weighted by Gasteiger charge is -2.36. The van der Waals surface area contributed by atoms with E-state index >= 15 is 0 Å². The molecule has 2 aromatic carbocycles. The van der Waals surface area contributed by atoms with E-state index in [1.165, 1.54) is 37.8 Å². The van der Waals surface area contributed by atoms with Crippen LogP contribution >= 0.6 is 0 Å². The minimum absolute atomic E-state index is 0.103. The zero-order chi connectivity index (χ0) is 24.3. The number of methoxy groups -OCH3 is 3. The number of hydrogen-bond acceptors (Lipinski definition) is 5. The molecule has 1 atom stereocenters. The minimum Gasteiger partial charge on any atom is -0.330 e. The summed E-state index contributed by atoms with van der Waals surface area (Å²) in [5.41, 5.74) is 1.61. The Hall–Kier alpha value is -1.80. The van der Waals surface area contributed by atoms with Crippen molar-refractivity contribution in [3.05, 3.63) is 65.5 Å². The van der Waals surface area contributed by atoms with Gasteiger partial charge in [0.25, 0.3) is 5.97 Å². The highest BCUT2D eigenvalue weighted by molar-refractivity contribution is 7.90. The summed E-state index contributed by atoms with van der Waals surface area (Å²) in [7, 11) is 1.11. The van der Waals surface area contributed by atoms with Crippen LogP contribution in [-0.2, 0) is 29.8 Å². The van der Waals surface area contributed by atoms with Gasteiger partial charge in [0.15, 0.2) is 9.84 Å². The summed E-state index contributed by atoms with van der Waals surface area (Å²) in [5.74, 6) is -2.02. The zero-order valence-corrected chi connectivity index (χ0v) is 21.0. The molecule has 0 aromatic heterocycles. The standard InChI is InChI=1S/C26H37FO5S/c1-5-6-7-8-9-10-11-25(26(30-2,31-3)32-4)22-14-12-21(13-15-22)20-33(28,29)24-18-16-23(27)17-19-24/h12-19,25H,5-11,20H2,1-4H3. The fourth-order valence-corrected chi connectivity index (χ4v) is 5.49. The highest BCUT2D eigenvalue weighted by Crippen LogP contribution is 2.37. The summed E-state index contributed by atoms with van der Waals surface area (Å²) < 4.78 is 55.5. The van der Waals surface area contributed by atoms with E-state index in [1.807, 2.05) is 12.1 Å². The van der Waals surface area contributed by atoms with Crippen LogP contribution in [0.15, 0.2) is 53.4 Å². The maximum atomic E-state index is 13.1. The molecule has 0 N–H and O–H groups in total. The number of benzene rings is 2. The molecule has 0 aliphatic carbocycles. The largest absolute Gasteiger partial charge is 0.330 e. The normalized spacial score (nSPS) is 13.2. The van der Waals surface area contributed by atoms with Crippen LogP contribution < -0.4 is 0 Å². The predicted octanol–water partition coefficient (Wildman–Crippen LogP) is 6.23. The summed E-state index contributed by atoms with van der Waals surface area (Å²) in [5, 5.41) is 0. The Labute approximate surface area is 198 Å². The molecule has 184 valence electrons. The van der Waals surface area contributed by atoms with E-state index in [4.69, 9.17) is 14.2 Å². The number of rotatable bonds is 15. The lowest BCUT2D eigenvalue weighted by Crippen LogP contribution is -2.42. The predicted molar refractivity (Wildman–Crippen MR) is 128 cm³/mol. The zero-order valence-electron chi connectivity index (χ0n) is 20.2. The number of unbranched alkanes of at least 4 members (excludes halogenated alkanes) is 5. The van der Waals surface area contributed by atoms with Gasteiger partial charge in [-0.15, -0.1) is 0 Å². The van der Waals surface area contributed by atoms with E-state index in [0.717, 1.165) is 37.0 Å². The molecule has 0 amide bonds. The molecular weight excluding hydrogens is 443 g/mol. The summed E-state index contributed by atoms with van der Waals surface area (Å²) in [6.45, 7) is 2.20. The van der Waals surface area contributed by atoms with Crippen LogP contribution in [0.4, 0.5) is 4.39 Å². The smallest absolute Gasteiger partial charge is 0.289 e. The van der Waals surface area contributed by atoms with E-state index in [9.17, 15) is 12.8 Å². The first-order valence-electron chi connectivity index (χ1n) is 11.5. The maximum absolute atomic E-state index is 13.1. The molecule has 1 unspecified atom stereocenters. The molecule has 7 heteroatoms. The molecule has 33 heavy (non-hydrogen) atoms. The van der Waals surface area contributed by atoms with Gasteiger partial charge in [-0.05, 0) is 41.8 Å². The maximum Gasteiger partial charge on any atom is 0.289 e. The van der Waals surface area contributed by atoms with Gasteiger partial charge >= 0.3 is 0 Å². The Morgan fingerprint density at radius 3 is 1.91 bits per heavy atom. The first kappa shape index (κ1) is 27.4. The number of sulfone groups is 1. The van der Waals surface area contributed by atoms with E-state index in [0.29, 0.717) is 5.56 Å². The van der Waals surface area contributed by atoms with Gasteiger partial charge in [-0.3, -0.25) is 0 Å². The van der Waals surface area contributed by atoms with Gasteiger partial charge in [-0.1, -0.05) is 69.7 Å². The lowest BCUT2D eigenvalue weighted by molar-refractivity contribution is -0.365. The number of hydrogen-bond donors (Lipinski definition) is 0. The van der Waals surface area contributed by atoms with Crippen LogP contribution in [0, 0.1) is 5.82 Å². The van der Waals surface area contributed by atoms with Crippen LogP contribution in [-0.4, -0.2) is 35.7 Å². The van der Waals surface area contributed by atoms with Gasteiger partial charge in [0.1, 0.15) is 5.82 Å². The minimum atomic E-state index is -3.57. The fraction of sp³-hybridized carbons (Fsp3) is 0.538. The summed E-state index contributed by atoms with van der Waals surface area (Å²) >= 11 is 0. The molecule has 2 aromatic rings. The van der Waals surface area contributed by atoms with E-state index in [-0.39, 0.29) is 16.6 Å². The van der Waals surface area contributed by atoms with Crippen molar-refractivity contribution in [2.75, 3.05) is 21.3 Å². The molecule has 2 rings (SSSR count).